The van der Waals surface area contributed by atoms with Crippen molar-refractivity contribution < 1.29 is 9.90 Å². The van der Waals surface area contributed by atoms with Crippen LogP contribution in [0.5, 0.6) is 0 Å². The van der Waals surface area contributed by atoms with Gasteiger partial charge in [0.2, 0.25) is 5.69 Å². The van der Waals surface area contributed by atoms with Crippen molar-refractivity contribution in [1.29, 1.82) is 0 Å². The molecule has 17 heavy (non-hydrogen) atoms. The fraction of sp³-hybridized carbons (Fsp3) is 0.250. The van der Waals surface area contributed by atoms with E-state index >= 15 is 0 Å². The summed E-state index contributed by atoms with van der Waals surface area (Å²) in [5.74, 6) is -1.30. The number of benzene rings is 1. The predicted octanol–water partition coefficient (Wildman–Crippen LogP) is 1.25. The third-order valence-corrected chi connectivity index (χ3v) is 2.89. The van der Waals surface area contributed by atoms with Gasteiger partial charge in [-0.25, -0.2) is 9.78 Å². The van der Waals surface area contributed by atoms with Gasteiger partial charge in [0.15, 0.2) is 0 Å². The molecule has 88 valence electrons. The number of hydrogen-bond acceptors (Lipinski definition) is 3. The Morgan fingerprint density at radius 1 is 1.29 bits per heavy atom. The molecule has 0 amide bonds. The summed E-state index contributed by atoms with van der Waals surface area (Å²) in [6.45, 7) is 3.85. The van der Waals surface area contributed by atoms with Gasteiger partial charge in [-0.15, -0.1) is 0 Å². The van der Waals surface area contributed by atoms with Gasteiger partial charge in [-0.3, -0.25) is 4.79 Å². The molecule has 0 radical (unpaired) electrons. The van der Waals surface area contributed by atoms with E-state index in [1.165, 1.54) is 4.57 Å². The van der Waals surface area contributed by atoms with Crippen LogP contribution in [0.1, 0.15) is 21.6 Å². The highest BCUT2D eigenvalue weighted by Crippen LogP contribution is 2.16. The number of aryl methyl sites for hydroxylation is 3. The molecule has 0 saturated carbocycles. The molecule has 1 aromatic heterocycles. The fourth-order valence-electron chi connectivity index (χ4n) is 1.72. The van der Waals surface area contributed by atoms with E-state index in [4.69, 9.17) is 5.11 Å². The fourth-order valence-corrected chi connectivity index (χ4v) is 1.72. The number of nitrogens with zero attached hydrogens (tertiary/aromatic N) is 2. The zero-order valence-electron chi connectivity index (χ0n) is 9.81. The van der Waals surface area contributed by atoms with Crippen molar-refractivity contribution in [2.24, 2.45) is 7.05 Å². The Kier molecular flexibility index (Phi) is 2.46. The topological polar surface area (TPSA) is 72.2 Å². The SMILES string of the molecule is Cc1cc2nc(C(=O)O)c(=O)n(C)c2cc1C. The van der Waals surface area contributed by atoms with E-state index in [9.17, 15) is 9.59 Å². The molecule has 5 heteroatoms. The molecule has 0 bridgehead atoms. The number of carboxylic acids is 1. The van der Waals surface area contributed by atoms with Gasteiger partial charge < -0.3 is 9.67 Å². The summed E-state index contributed by atoms with van der Waals surface area (Å²) in [4.78, 5) is 26.5. The summed E-state index contributed by atoms with van der Waals surface area (Å²) in [6.07, 6.45) is 0. The van der Waals surface area contributed by atoms with Crippen LogP contribution in [0.15, 0.2) is 16.9 Å². The molecular formula is C12H12N2O3. The maximum Gasteiger partial charge on any atom is 0.360 e. The second kappa shape index (κ2) is 3.69. The second-order valence-electron chi connectivity index (χ2n) is 4.05. The first-order chi connectivity index (χ1) is 7.91. The maximum absolute atomic E-state index is 11.7. The van der Waals surface area contributed by atoms with E-state index < -0.39 is 17.2 Å². The Morgan fingerprint density at radius 3 is 2.47 bits per heavy atom. The largest absolute Gasteiger partial charge is 0.476 e. The summed E-state index contributed by atoms with van der Waals surface area (Å²) in [5.41, 5.74) is 2.18. The second-order valence-corrected chi connectivity index (χ2v) is 4.05. The minimum atomic E-state index is -1.30. The zero-order valence-corrected chi connectivity index (χ0v) is 9.81. The van der Waals surface area contributed by atoms with Crippen LogP contribution in [-0.2, 0) is 7.05 Å². The molecule has 1 N–H and O–H groups in total. The first-order valence-electron chi connectivity index (χ1n) is 5.13. The highest BCUT2D eigenvalue weighted by molar-refractivity contribution is 5.88. The van der Waals surface area contributed by atoms with Crippen molar-refractivity contribution in [2.75, 3.05) is 0 Å². The number of carbonyl (C=O) groups is 1. The maximum atomic E-state index is 11.7. The lowest BCUT2D eigenvalue weighted by Crippen LogP contribution is -2.26. The van der Waals surface area contributed by atoms with Gasteiger partial charge in [0.05, 0.1) is 11.0 Å². The Morgan fingerprint density at radius 2 is 1.88 bits per heavy atom. The molecule has 5 nitrogen and oxygen atoms in total. The van der Waals surface area contributed by atoms with Crippen molar-refractivity contribution in [3.8, 4) is 0 Å². The van der Waals surface area contributed by atoms with Crippen LogP contribution in [0.25, 0.3) is 11.0 Å². The van der Waals surface area contributed by atoms with Gasteiger partial charge in [-0.2, -0.15) is 0 Å². The van der Waals surface area contributed by atoms with Crippen molar-refractivity contribution in [3.05, 3.63) is 39.3 Å². The summed E-state index contributed by atoms with van der Waals surface area (Å²) < 4.78 is 1.32. The predicted molar refractivity (Wildman–Crippen MR) is 63.4 cm³/mol. The van der Waals surface area contributed by atoms with Crippen LogP contribution in [-0.4, -0.2) is 20.6 Å². The lowest BCUT2D eigenvalue weighted by atomic mass is 10.1. The molecule has 0 saturated heterocycles. The third-order valence-electron chi connectivity index (χ3n) is 2.89. The summed E-state index contributed by atoms with van der Waals surface area (Å²) in [6, 6.07) is 3.63. The molecule has 0 aliphatic carbocycles. The molecule has 0 atom stereocenters. The van der Waals surface area contributed by atoms with Crippen LogP contribution in [0.2, 0.25) is 0 Å². The number of aromatic carboxylic acids is 1. The molecule has 0 aliphatic rings. The highest BCUT2D eigenvalue weighted by Gasteiger charge is 2.15. The Labute approximate surface area is 97.3 Å². The summed E-state index contributed by atoms with van der Waals surface area (Å²) in [7, 11) is 1.55. The molecule has 1 heterocycles. The molecule has 2 aromatic rings. The molecular weight excluding hydrogens is 220 g/mol. The first kappa shape index (κ1) is 11.3. The van der Waals surface area contributed by atoms with E-state index in [1.807, 2.05) is 19.9 Å². The normalized spacial score (nSPS) is 10.8. The Bertz CT molecular complexity index is 686. The van der Waals surface area contributed by atoms with E-state index in [0.29, 0.717) is 11.0 Å². The Hall–Kier alpha value is -2.17. The minimum Gasteiger partial charge on any atom is -0.476 e. The lowest BCUT2D eigenvalue weighted by molar-refractivity contribution is 0.0688. The van der Waals surface area contributed by atoms with Crippen LogP contribution >= 0.6 is 0 Å². The highest BCUT2D eigenvalue weighted by atomic mass is 16.4. The molecule has 2 rings (SSSR count). The van der Waals surface area contributed by atoms with Gasteiger partial charge >= 0.3 is 5.97 Å². The molecule has 0 fully saturated rings. The minimum absolute atomic E-state index is 0.441. The number of aromatic nitrogens is 2. The van der Waals surface area contributed by atoms with Gasteiger partial charge in [-0.1, -0.05) is 0 Å². The van der Waals surface area contributed by atoms with Gasteiger partial charge in [0.25, 0.3) is 5.56 Å². The average molecular weight is 232 g/mol. The number of rotatable bonds is 1. The van der Waals surface area contributed by atoms with Crippen molar-refractivity contribution in [2.45, 2.75) is 13.8 Å². The lowest BCUT2D eigenvalue weighted by Gasteiger charge is -2.08. The van der Waals surface area contributed by atoms with Crippen molar-refractivity contribution in [1.82, 2.24) is 9.55 Å². The van der Waals surface area contributed by atoms with Gasteiger partial charge in [0.1, 0.15) is 0 Å². The summed E-state index contributed by atoms with van der Waals surface area (Å²) in [5, 5.41) is 8.90. The van der Waals surface area contributed by atoms with Crippen LogP contribution < -0.4 is 5.56 Å². The quantitative estimate of drug-likeness (QED) is 0.803. The zero-order chi connectivity index (χ0) is 12.7. The molecule has 1 aromatic carbocycles. The monoisotopic (exact) mass is 232 g/mol. The number of fused-ring (bicyclic) bond motifs is 1. The Balaban J connectivity index is 2.96. The van der Waals surface area contributed by atoms with Gasteiger partial charge in [-0.05, 0) is 37.1 Å². The van der Waals surface area contributed by atoms with E-state index in [0.717, 1.165) is 11.1 Å². The van der Waals surface area contributed by atoms with Gasteiger partial charge in [0, 0.05) is 7.05 Å². The standard InChI is InChI=1S/C12H12N2O3/c1-6-4-8-9(5-7(6)2)14(3)11(15)10(13-8)12(16)17/h4-5H,1-3H3,(H,16,17). The van der Waals surface area contributed by atoms with Crippen LogP contribution in [0.4, 0.5) is 0 Å². The number of hydrogen-bond donors (Lipinski definition) is 1. The van der Waals surface area contributed by atoms with E-state index in [1.54, 1.807) is 13.1 Å². The van der Waals surface area contributed by atoms with Crippen molar-refractivity contribution >= 4 is 17.0 Å². The molecule has 0 spiro atoms. The van der Waals surface area contributed by atoms with E-state index in [-0.39, 0.29) is 0 Å². The van der Waals surface area contributed by atoms with Crippen LogP contribution in [0, 0.1) is 13.8 Å². The average Bonchev–Trinajstić information content (AvgIpc) is 2.26. The summed E-state index contributed by atoms with van der Waals surface area (Å²) >= 11 is 0. The molecule has 0 aliphatic heterocycles. The molecule has 0 unspecified atom stereocenters. The van der Waals surface area contributed by atoms with E-state index in [2.05, 4.69) is 4.98 Å². The van der Waals surface area contributed by atoms with Crippen molar-refractivity contribution in [3.63, 3.8) is 0 Å². The third kappa shape index (κ3) is 1.69. The number of carboxylic acid groups (broad SMARTS) is 1. The van der Waals surface area contributed by atoms with Crippen LogP contribution in [0.3, 0.4) is 0 Å². The smallest absolute Gasteiger partial charge is 0.360 e. The first-order valence-corrected chi connectivity index (χ1v) is 5.13.